The summed E-state index contributed by atoms with van der Waals surface area (Å²) in [5, 5.41) is 0. The van der Waals surface area contributed by atoms with Gasteiger partial charge in [0.25, 0.3) is 0 Å². The van der Waals surface area contributed by atoms with Crippen molar-refractivity contribution in [1.29, 1.82) is 0 Å². The molecule has 0 amide bonds. The molecule has 0 saturated carbocycles. The SMILES string of the molecule is CCCc1ccc(N(C2=CC=CC(C(C)(C)/C=C/C(C)(C)C)=C=C2)c2ccccc2)cc1. The summed E-state index contributed by atoms with van der Waals surface area (Å²) in [6.45, 7) is 13.4. The topological polar surface area (TPSA) is 3.24 Å². The third-order valence-corrected chi connectivity index (χ3v) is 5.61. The van der Waals surface area contributed by atoms with Crippen LogP contribution in [0, 0.1) is 10.8 Å². The Hall–Kier alpha value is -3.02. The first-order valence-corrected chi connectivity index (χ1v) is 11.7. The highest BCUT2D eigenvalue weighted by Crippen LogP contribution is 2.34. The van der Waals surface area contributed by atoms with Gasteiger partial charge in [0.1, 0.15) is 0 Å². The largest absolute Gasteiger partial charge is 0.310 e. The van der Waals surface area contributed by atoms with Crippen molar-refractivity contribution in [3.05, 3.63) is 114 Å². The van der Waals surface area contributed by atoms with E-state index >= 15 is 0 Å². The summed E-state index contributed by atoms with van der Waals surface area (Å²) >= 11 is 0. The first-order chi connectivity index (χ1) is 15.2. The molecule has 0 aliphatic heterocycles. The Balaban J connectivity index is 2.01. The van der Waals surface area contributed by atoms with Crippen LogP contribution in [-0.2, 0) is 6.42 Å². The van der Waals surface area contributed by atoms with Crippen molar-refractivity contribution < 1.29 is 0 Å². The third-order valence-electron chi connectivity index (χ3n) is 5.61. The van der Waals surface area contributed by atoms with E-state index in [-0.39, 0.29) is 10.8 Å². The number of benzene rings is 2. The lowest BCUT2D eigenvalue weighted by atomic mass is 9.81. The van der Waals surface area contributed by atoms with Crippen LogP contribution < -0.4 is 4.90 Å². The summed E-state index contributed by atoms with van der Waals surface area (Å²) in [6, 6.07) is 19.5. The van der Waals surface area contributed by atoms with E-state index < -0.39 is 0 Å². The van der Waals surface area contributed by atoms with Gasteiger partial charge >= 0.3 is 0 Å². The van der Waals surface area contributed by atoms with Crippen LogP contribution in [0.25, 0.3) is 0 Å². The van der Waals surface area contributed by atoms with E-state index in [4.69, 9.17) is 0 Å². The molecule has 1 aliphatic rings. The van der Waals surface area contributed by atoms with Crippen LogP contribution in [0.4, 0.5) is 11.4 Å². The van der Waals surface area contributed by atoms with Gasteiger partial charge in [0.2, 0.25) is 0 Å². The number of para-hydroxylation sites is 1. The van der Waals surface area contributed by atoms with Gasteiger partial charge in [0, 0.05) is 28.4 Å². The van der Waals surface area contributed by atoms with Crippen LogP contribution in [0.2, 0.25) is 0 Å². The fourth-order valence-corrected chi connectivity index (χ4v) is 3.70. The highest BCUT2D eigenvalue weighted by atomic mass is 15.1. The molecule has 1 heteroatoms. The van der Waals surface area contributed by atoms with Crippen molar-refractivity contribution in [1.82, 2.24) is 0 Å². The molecular formula is C31H37N. The zero-order valence-electron chi connectivity index (χ0n) is 20.5. The van der Waals surface area contributed by atoms with Crippen LogP contribution >= 0.6 is 0 Å². The maximum Gasteiger partial charge on any atom is 0.0538 e. The van der Waals surface area contributed by atoms with Crippen molar-refractivity contribution in [2.75, 3.05) is 4.90 Å². The molecule has 0 unspecified atom stereocenters. The maximum absolute atomic E-state index is 3.60. The molecule has 2 aromatic carbocycles. The Morgan fingerprint density at radius 3 is 2.12 bits per heavy atom. The van der Waals surface area contributed by atoms with Gasteiger partial charge in [-0.3, -0.25) is 0 Å². The monoisotopic (exact) mass is 423 g/mol. The molecule has 0 N–H and O–H groups in total. The number of rotatable bonds is 7. The highest BCUT2D eigenvalue weighted by Gasteiger charge is 2.20. The van der Waals surface area contributed by atoms with Gasteiger partial charge in [0.05, 0.1) is 5.70 Å². The van der Waals surface area contributed by atoms with E-state index in [0.29, 0.717) is 0 Å². The van der Waals surface area contributed by atoms with E-state index in [2.05, 4.69) is 143 Å². The molecule has 0 atom stereocenters. The van der Waals surface area contributed by atoms with Crippen molar-refractivity contribution >= 4 is 11.4 Å². The average Bonchev–Trinajstić information content (AvgIpc) is 3.01. The number of hydrogen-bond acceptors (Lipinski definition) is 1. The van der Waals surface area contributed by atoms with Crippen molar-refractivity contribution in [3.8, 4) is 0 Å². The zero-order valence-corrected chi connectivity index (χ0v) is 20.5. The second kappa shape index (κ2) is 10.1. The number of allylic oxidation sites excluding steroid dienone is 6. The smallest absolute Gasteiger partial charge is 0.0538 e. The fourth-order valence-electron chi connectivity index (χ4n) is 3.70. The molecule has 2 aromatic rings. The number of aryl methyl sites for hydroxylation is 1. The molecule has 1 aliphatic carbocycles. The van der Waals surface area contributed by atoms with Crippen LogP contribution in [-0.4, -0.2) is 0 Å². The standard InChI is InChI=1S/C31H37N/c1-7-12-25-17-20-29(21-18-25)32(27-14-9-8-10-15-27)28-16-11-13-26(19-22-28)31(5,6)24-23-30(2,3)4/h8-11,13-18,20-24H,7,12H2,1-6H3/b24-23+. The maximum atomic E-state index is 3.60. The highest BCUT2D eigenvalue weighted by molar-refractivity contribution is 5.70. The van der Waals surface area contributed by atoms with E-state index in [9.17, 15) is 0 Å². The summed E-state index contributed by atoms with van der Waals surface area (Å²) < 4.78 is 0. The number of hydrogen-bond donors (Lipinski definition) is 0. The molecule has 32 heavy (non-hydrogen) atoms. The van der Waals surface area contributed by atoms with Gasteiger partial charge in [-0.25, -0.2) is 0 Å². The molecule has 3 rings (SSSR count). The van der Waals surface area contributed by atoms with Gasteiger partial charge in [-0.1, -0.05) is 103 Å². The molecule has 166 valence electrons. The summed E-state index contributed by atoms with van der Waals surface area (Å²) in [5.41, 5.74) is 9.62. The minimum atomic E-state index is -0.0943. The van der Waals surface area contributed by atoms with Crippen LogP contribution in [0.3, 0.4) is 0 Å². The summed E-state index contributed by atoms with van der Waals surface area (Å²) in [7, 11) is 0. The molecule has 0 fully saturated rings. The third kappa shape index (κ3) is 6.25. The first-order valence-electron chi connectivity index (χ1n) is 11.7. The molecule has 0 saturated heterocycles. The molecular weight excluding hydrogens is 386 g/mol. The van der Waals surface area contributed by atoms with Crippen LogP contribution in [0.5, 0.6) is 0 Å². The normalized spacial score (nSPS) is 14.3. The predicted octanol–water partition coefficient (Wildman–Crippen LogP) is 8.94. The van der Waals surface area contributed by atoms with Gasteiger partial charge < -0.3 is 4.90 Å². The quantitative estimate of drug-likeness (QED) is 0.317. The molecule has 0 bridgehead atoms. The Bertz CT molecular complexity index is 1050. The predicted molar refractivity (Wildman–Crippen MR) is 140 cm³/mol. The van der Waals surface area contributed by atoms with Gasteiger partial charge in [-0.15, -0.1) is 5.73 Å². The van der Waals surface area contributed by atoms with Gasteiger partial charge in [-0.05, 0) is 47.7 Å². The average molecular weight is 424 g/mol. The minimum Gasteiger partial charge on any atom is -0.310 e. The van der Waals surface area contributed by atoms with Gasteiger partial charge in [-0.2, -0.15) is 0 Å². The molecule has 1 nitrogen and oxygen atoms in total. The summed E-state index contributed by atoms with van der Waals surface area (Å²) in [6.07, 6.45) is 15.5. The summed E-state index contributed by atoms with van der Waals surface area (Å²) in [4.78, 5) is 2.30. The Morgan fingerprint density at radius 2 is 1.50 bits per heavy atom. The van der Waals surface area contributed by atoms with E-state index in [1.807, 2.05) is 0 Å². The second-order valence-electron chi connectivity index (χ2n) is 10.2. The lowest BCUT2D eigenvalue weighted by molar-refractivity contribution is 0.520. The molecule has 0 radical (unpaired) electrons. The van der Waals surface area contributed by atoms with Crippen molar-refractivity contribution in [3.63, 3.8) is 0 Å². The van der Waals surface area contributed by atoms with Crippen LogP contribution in [0.1, 0.15) is 53.5 Å². The van der Waals surface area contributed by atoms with E-state index in [1.165, 1.54) is 11.1 Å². The van der Waals surface area contributed by atoms with Crippen molar-refractivity contribution in [2.45, 2.75) is 54.4 Å². The Morgan fingerprint density at radius 1 is 0.844 bits per heavy atom. The van der Waals surface area contributed by atoms with E-state index in [0.717, 1.165) is 29.9 Å². The van der Waals surface area contributed by atoms with E-state index in [1.54, 1.807) is 0 Å². The Labute approximate surface area is 195 Å². The van der Waals surface area contributed by atoms with Crippen molar-refractivity contribution in [2.24, 2.45) is 10.8 Å². The number of anilines is 2. The Kier molecular flexibility index (Phi) is 7.44. The summed E-state index contributed by atoms with van der Waals surface area (Å²) in [5.74, 6) is 0. The lowest BCUT2D eigenvalue weighted by Crippen LogP contribution is -2.15. The first kappa shape index (κ1) is 23.6. The number of nitrogens with zero attached hydrogens (tertiary/aromatic N) is 1. The van der Waals surface area contributed by atoms with Crippen LogP contribution in [0.15, 0.2) is 108 Å². The molecule has 0 spiro atoms. The molecule has 0 heterocycles. The minimum absolute atomic E-state index is 0.0943. The second-order valence-corrected chi connectivity index (χ2v) is 10.2. The van der Waals surface area contributed by atoms with Gasteiger partial charge in [0.15, 0.2) is 0 Å². The fraction of sp³-hybridized carbons (Fsp3) is 0.323. The zero-order chi connectivity index (χ0) is 23.2. The molecule has 0 aromatic heterocycles. The lowest BCUT2D eigenvalue weighted by Gasteiger charge is -2.26.